The van der Waals surface area contributed by atoms with Crippen molar-refractivity contribution in [3.8, 4) is 11.5 Å². The van der Waals surface area contributed by atoms with E-state index in [1.807, 2.05) is 19.9 Å². The van der Waals surface area contributed by atoms with E-state index in [9.17, 15) is 9.59 Å². The Kier molecular flexibility index (Phi) is 10.5. The first-order chi connectivity index (χ1) is 15.7. The van der Waals surface area contributed by atoms with Crippen LogP contribution in [-0.2, 0) is 4.79 Å². The van der Waals surface area contributed by atoms with Crippen molar-refractivity contribution in [1.29, 1.82) is 0 Å². The molecule has 2 rings (SSSR count). The molecule has 0 aliphatic carbocycles. The van der Waals surface area contributed by atoms with E-state index in [-0.39, 0.29) is 10.9 Å². The summed E-state index contributed by atoms with van der Waals surface area (Å²) in [4.78, 5) is 25.3. The number of benzene rings is 2. The number of hydrogen-bond acceptors (Lipinski definition) is 5. The molecule has 176 valence electrons. The van der Waals surface area contributed by atoms with Crippen LogP contribution in [0.4, 0.5) is 0 Å². The molecular weight excluding hydrogens is 580 g/mol. The lowest BCUT2D eigenvalue weighted by molar-refractivity contribution is -0.123. The van der Waals surface area contributed by atoms with Gasteiger partial charge in [-0.1, -0.05) is 49.7 Å². The van der Waals surface area contributed by atoms with Crippen LogP contribution >= 0.6 is 45.8 Å². The van der Waals surface area contributed by atoms with Gasteiger partial charge >= 0.3 is 0 Å². The molecule has 0 aliphatic rings. The summed E-state index contributed by atoms with van der Waals surface area (Å²) >= 11 is 14.0. The number of halogens is 3. The molecule has 1 atom stereocenters. The Morgan fingerprint density at radius 3 is 2.55 bits per heavy atom. The van der Waals surface area contributed by atoms with Crippen LogP contribution in [0.15, 0.2) is 48.1 Å². The first-order valence-corrected chi connectivity index (χ1v) is 11.7. The average Bonchev–Trinajstić information content (AvgIpc) is 2.77. The van der Waals surface area contributed by atoms with E-state index >= 15 is 0 Å². The number of nitrogens with one attached hydrogen (secondary N) is 2. The summed E-state index contributed by atoms with van der Waals surface area (Å²) in [6.07, 6.45) is 3.13. The number of methoxy groups -OCH3 is 1. The Labute approximate surface area is 216 Å². The Balaban J connectivity index is 2.10. The van der Waals surface area contributed by atoms with Gasteiger partial charge in [0.05, 0.1) is 26.9 Å². The number of hydrogen-bond donors (Lipinski definition) is 2. The molecule has 0 aliphatic heterocycles. The van der Waals surface area contributed by atoms with Crippen molar-refractivity contribution in [3.63, 3.8) is 0 Å². The topological polar surface area (TPSA) is 89.0 Å². The Bertz CT molecular complexity index is 1060. The van der Waals surface area contributed by atoms with E-state index in [0.717, 1.165) is 3.57 Å². The predicted octanol–water partition coefficient (Wildman–Crippen LogP) is 5.08. The fourth-order valence-corrected chi connectivity index (χ4v) is 3.81. The highest BCUT2D eigenvalue weighted by atomic mass is 127. The highest BCUT2D eigenvalue weighted by molar-refractivity contribution is 14.1. The Morgan fingerprint density at radius 2 is 1.94 bits per heavy atom. The van der Waals surface area contributed by atoms with Crippen molar-refractivity contribution in [3.05, 3.63) is 67.7 Å². The molecule has 2 aromatic carbocycles. The van der Waals surface area contributed by atoms with Crippen LogP contribution in [-0.4, -0.2) is 37.8 Å². The third-order valence-corrected chi connectivity index (χ3v) is 5.94. The summed E-state index contributed by atoms with van der Waals surface area (Å²) in [5.74, 6) is 0.0480. The van der Waals surface area contributed by atoms with Gasteiger partial charge in [-0.2, -0.15) is 5.10 Å². The van der Waals surface area contributed by atoms with Crippen molar-refractivity contribution in [2.45, 2.75) is 19.9 Å². The molecule has 0 bridgehead atoms. The van der Waals surface area contributed by atoms with E-state index in [0.29, 0.717) is 34.3 Å². The van der Waals surface area contributed by atoms with Crippen LogP contribution in [0.2, 0.25) is 10.0 Å². The number of nitrogens with zero attached hydrogens (tertiary/aromatic N) is 1. The largest absolute Gasteiger partial charge is 0.493 e. The molecule has 2 amide bonds. The van der Waals surface area contributed by atoms with Crippen molar-refractivity contribution < 1.29 is 19.1 Å². The predicted molar refractivity (Wildman–Crippen MR) is 140 cm³/mol. The van der Waals surface area contributed by atoms with Gasteiger partial charge in [0, 0.05) is 5.56 Å². The molecule has 0 saturated carbocycles. The third kappa shape index (κ3) is 7.62. The normalized spacial score (nSPS) is 11.8. The second-order valence-electron chi connectivity index (χ2n) is 7.19. The molecule has 0 fully saturated rings. The van der Waals surface area contributed by atoms with Gasteiger partial charge in [-0.25, -0.2) is 5.43 Å². The van der Waals surface area contributed by atoms with Gasteiger partial charge in [0.2, 0.25) is 0 Å². The van der Waals surface area contributed by atoms with Gasteiger partial charge in [0.15, 0.2) is 11.5 Å². The Hall–Kier alpha value is -2.30. The summed E-state index contributed by atoms with van der Waals surface area (Å²) in [5, 5.41) is 7.33. The number of hydrazone groups is 1. The van der Waals surface area contributed by atoms with E-state index in [1.54, 1.807) is 19.3 Å². The molecule has 33 heavy (non-hydrogen) atoms. The molecule has 2 aromatic rings. The smallest absolute Gasteiger partial charge is 0.262 e. The van der Waals surface area contributed by atoms with Crippen LogP contribution in [0.1, 0.15) is 29.8 Å². The van der Waals surface area contributed by atoms with Crippen LogP contribution < -0.4 is 20.2 Å². The van der Waals surface area contributed by atoms with Gasteiger partial charge in [0.25, 0.3) is 11.8 Å². The zero-order chi connectivity index (χ0) is 24.5. The number of carbonyl (C=O) groups is 2. The summed E-state index contributed by atoms with van der Waals surface area (Å²) < 4.78 is 11.8. The molecule has 0 spiro atoms. The first-order valence-electron chi connectivity index (χ1n) is 9.88. The summed E-state index contributed by atoms with van der Waals surface area (Å²) in [6, 6.07) is 7.27. The van der Waals surface area contributed by atoms with Gasteiger partial charge < -0.3 is 14.8 Å². The molecule has 0 saturated heterocycles. The highest BCUT2D eigenvalue weighted by Gasteiger charge is 2.24. The van der Waals surface area contributed by atoms with Gasteiger partial charge in [-0.3, -0.25) is 9.59 Å². The molecule has 0 heterocycles. The standard InChI is InChI=1S/C23H24Cl2IN3O4/c1-5-8-33-21-18(26)9-14(10-19(21)32-4)12-27-29-23(31)20(13(2)3)28-22(30)15-6-7-16(24)17(25)11-15/h5-7,9-13,20H,1,8H2,2-4H3,(H,28,30)(H,29,31)/b27-12+. The number of carbonyl (C=O) groups excluding carboxylic acids is 2. The molecular formula is C23H24Cl2IN3O4. The number of amides is 2. The second-order valence-corrected chi connectivity index (χ2v) is 9.17. The van der Waals surface area contributed by atoms with Crippen molar-refractivity contribution in [2.75, 3.05) is 13.7 Å². The fourth-order valence-electron chi connectivity index (χ4n) is 2.73. The summed E-state index contributed by atoms with van der Waals surface area (Å²) in [7, 11) is 1.54. The van der Waals surface area contributed by atoms with E-state index in [2.05, 4.69) is 45.0 Å². The molecule has 1 unspecified atom stereocenters. The third-order valence-electron chi connectivity index (χ3n) is 4.40. The van der Waals surface area contributed by atoms with E-state index in [1.165, 1.54) is 24.4 Å². The average molecular weight is 604 g/mol. The van der Waals surface area contributed by atoms with Crippen LogP contribution in [0.5, 0.6) is 11.5 Å². The summed E-state index contributed by atoms with van der Waals surface area (Å²) in [6.45, 7) is 7.62. The van der Waals surface area contributed by atoms with E-state index in [4.69, 9.17) is 32.7 Å². The van der Waals surface area contributed by atoms with E-state index < -0.39 is 17.9 Å². The zero-order valence-electron chi connectivity index (χ0n) is 18.3. The van der Waals surface area contributed by atoms with Crippen molar-refractivity contribution >= 4 is 63.8 Å². The number of rotatable bonds is 10. The lowest BCUT2D eigenvalue weighted by atomic mass is 10.0. The molecule has 0 radical (unpaired) electrons. The Morgan fingerprint density at radius 1 is 1.21 bits per heavy atom. The van der Waals surface area contributed by atoms with Gasteiger partial charge in [-0.15, -0.1) is 0 Å². The van der Waals surface area contributed by atoms with Gasteiger partial charge in [-0.05, 0) is 64.4 Å². The highest BCUT2D eigenvalue weighted by Crippen LogP contribution is 2.33. The first kappa shape index (κ1) is 26.9. The van der Waals surface area contributed by atoms with Crippen LogP contribution in [0, 0.1) is 9.49 Å². The van der Waals surface area contributed by atoms with Crippen LogP contribution in [0.3, 0.4) is 0 Å². The van der Waals surface area contributed by atoms with Crippen molar-refractivity contribution in [1.82, 2.24) is 10.7 Å². The molecule has 7 nitrogen and oxygen atoms in total. The molecule has 2 N–H and O–H groups in total. The zero-order valence-corrected chi connectivity index (χ0v) is 22.0. The van der Waals surface area contributed by atoms with Gasteiger partial charge in [0.1, 0.15) is 12.6 Å². The minimum Gasteiger partial charge on any atom is -0.493 e. The lowest BCUT2D eigenvalue weighted by Gasteiger charge is -2.20. The minimum atomic E-state index is -0.812. The SMILES string of the molecule is C=CCOc1c(I)cc(/C=N/NC(=O)C(NC(=O)c2ccc(Cl)c(Cl)c2)C(C)C)cc1OC. The maximum Gasteiger partial charge on any atom is 0.262 e. The quantitative estimate of drug-likeness (QED) is 0.172. The lowest BCUT2D eigenvalue weighted by Crippen LogP contribution is -2.48. The monoisotopic (exact) mass is 603 g/mol. The molecule has 10 heteroatoms. The maximum absolute atomic E-state index is 12.7. The van der Waals surface area contributed by atoms with Crippen LogP contribution in [0.25, 0.3) is 0 Å². The van der Waals surface area contributed by atoms with Crippen molar-refractivity contribution in [2.24, 2.45) is 11.0 Å². The molecule has 0 aromatic heterocycles. The second kappa shape index (κ2) is 12.8. The summed E-state index contributed by atoms with van der Waals surface area (Å²) in [5.41, 5.74) is 3.47. The maximum atomic E-state index is 12.7. The minimum absolute atomic E-state index is 0.186. The fraction of sp³-hybridized carbons (Fsp3) is 0.261. The number of ether oxygens (including phenoxy) is 2.